The number of nitrogens with zero attached hydrogens (tertiary/aromatic N) is 1. The molecule has 0 radical (unpaired) electrons. The molecule has 0 saturated carbocycles. The number of thioether (sulfide) groups is 1. The summed E-state index contributed by atoms with van der Waals surface area (Å²) in [6, 6.07) is 13.5. The topological polar surface area (TPSA) is 98.5 Å². The van der Waals surface area contributed by atoms with Crippen LogP contribution in [-0.2, 0) is 11.4 Å². The summed E-state index contributed by atoms with van der Waals surface area (Å²) in [5.74, 6) is -0.148. The van der Waals surface area contributed by atoms with Crippen molar-refractivity contribution < 1.29 is 19.2 Å². The Hall–Kier alpha value is -3.13. The van der Waals surface area contributed by atoms with Crippen molar-refractivity contribution in [1.82, 2.24) is 5.32 Å². The van der Waals surface area contributed by atoms with Gasteiger partial charge in [0.1, 0.15) is 12.4 Å². The summed E-state index contributed by atoms with van der Waals surface area (Å²) in [5, 5.41) is 12.7. The Balaban J connectivity index is 1.91. The maximum Gasteiger partial charge on any atom is 0.290 e. The first kappa shape index (κ1) is 16.7. The van der Waals surface area contributed by atoms with Gasteiger partial charge in [0.15, 0.2) is 0 Å². The fraction of sp³-hybridized carbons (Fsp3) is 0.0588. The molecule has 3 rings (SSSR count). The third-order valence-electron chi connectivity index (χ3n) is 3.37. The van der Waals surface area contributed by atoms with Gasteiger partial charge in [0.2, 0.25) is 0 Å². The molecule has 0 bridgehead atoms. The molecule has 1 N–H and O–H groups in total. The minimum atomic E-state index is -0.532. The Morgan fingerprint density at radius 3 is 2.56 bits per heavy atom. The van der Waals surface area contributed by atoms with Gasteiger partial charge >= 0.3 is 0 Å². The number of non-ortho nitro benzene ring substituents is 1. The highest BCUT2D eigenvalue weighted by Gasteiger charge is 2.25. The van der Waals surface area contributed by atoms with E-state index < -0.39 is 16.1 Å². The number of nitro benzene ring substituents is 1. The zero-order valence-electron chi connectivity index (χ0n) is 12.8. The molecule has 25 heavy (non-hydrogen) atoms. The number of nitrogens with one attached hydrogen (secondary N) is 1. The Morgan fingerprint density at radius 2 is 1.92 bits per heavy atom. The molecule has 2 amide bonds. The number of amides is 2. The third-order valence-corrected chi connectivity index (χ3v) is 4.18. The molecule has 1 saturated heterocycles. The van der Waals surface area contributed by atoms with E-state index in [-0.39, 0.29) is 17.2 Å². The molecular weight excluding hydrogens is 344 g/mol. The lowest BCUT2D eigenvalue weighted by atomic mass is 10.1. The number of hydrogen-bond donors (Lipinski definition) is 1. The summed E-state index contributed by atoms with van der Waals surface area (Å²) in [7, 11) is 0. The van der Waals surface area contributed by atoms with Crippen LogP contribution in [-0.4, -0.2) is 16.1 Å². The van der Waals surface area contributed by atoms with E-state index in [2.05, 4.69) is 5.32 Å². The van der Waals surface area contributed by atoms with Gasteiger partial charge in [0.25, 0.3) is 16.8 Å². The number of imide groups is 1. The monoisotopic (exact) mass is 356 g/mol. The van der Waals surface area contributed by atoms with Crippen LogP contribution in [0.5, 0.6) is 5.75 Å². The van der Waals surface area contributed by atoms with E-state index in [1.165, 1.54) is 24.3 Å². The predicted molar refractivity (Wildman–Crippen MR) is 93.0 cm³/mol. The number of carbonyl (C=O) groups is 2. The maximum atomic E-state index is 11.7. The highest BCUT2D eigenvalue weighted by molar-refractivity contribution is 8.18. The van der Waals surface area contributed by atoms with E-state index in [0.717, 1.165) is 17.3 Å². The number of nitro groups is 1. The van der Waals surface area contributed by atoms with Crippen LogP contribution in [0.25, 0.3) is 6.08 Å². The average molecular weight is 356 g/mol. The van der Waals surface area contributed by atoms with E-state index in [1.807, 2.05) is 30.3 Å². The Morgan fingerprint density at radius 1 is 1.16 bits per heavy atom. The third kappa shape index (κ3) is 4.04. The molecule has 1 fully saturated rings. The van der Waals surface area contributed by atoms with Crippen molar-refractivity contribution in [1.29, 1.82) is 0 Å². The largest absolute Gasteiger partial charge is 0.488 e. The zero-order chi connectivity index (χ0) is 17.8. The number of rotatable bonds is 5. The van der Waals surface area contributed by atoms with Crippen LogP contribution in [0.15, 0.2) is 53.4 Å². The van der Waals surface area contributed by atoms with Crippen LogP contribution in [0.4, 0.5) is 10.5 Å². The number of benzene rings is 2. The molecule has 1 heterocycles. The fourth-order valence-corrected chi connectivity index (χ4v) is 2.86. The second-order valence-electron chi connectivity index (χ2n) is 5.11. The molecule has 2 aromatic carbocycles. The first-order valence-electron chi connectivity index (χ1n) is 7.23. The van der Waals surface area contributed by atoms with Crippen LogP contribution in [0.1, 0.15) is 11.1 Å². The Labute approximate surface area is 146 Å². The van der Waals surface area contributed by atoms with Gasteiger partial charge < -0.3 is 4.74 Å². The maximum absolute atomic E-state index is 11.7. The molecule has 0 unspecified atom stereocenters. The smallest absolute Gasteiger partial charge is 0.290 e. The van der Waals surface area contributed by atoms with Gasteiger partial charge in [-0.15, -0.1) is 0 Å². The van der Waals surface area contributed by atoms with E-state index in [4.69, 9.17) is 4.74 Å². The van der Waals surface area contributed by atoms with Crippen molar-refractivity contribution in [3.05, 3.63) is 74.7 Å². The van der Waals surface area contributed by atoms with E-state index >= 15 is 0 Å². The molecule has 0 atom stereocenters. The quantitative estimate of drug-likeness (QED) is 0.500. The molecule has 0 aliphatic carbocycles. The van der Waals surface area contributed by atoms with Gasteiger partial charge in [-0.25, -0.2) is 0 Å². The second-order valence-corrected chi connectivity index (χ2v) is 6.12. The summed E-state index contributed by atoms with van der Waals surface area (Å²) < 4.78 is 5.74. The van der Waals surface area contributed by atoms with Crippen molar-refractivity contribution in [3.63, 3.8) is 0 Å². The summed E-state index contributed by atoms with van der Waals surface area (Å²) in [6.07, 6.45) is 1.41. The molecule has 0 aromatic heterocycles. The lowest BCUT2D eigenvalue weighted by Gasteiger charge is -2.09. The van der Waals surface area contributed by atoms with Crippen LogP contribution in [0.3, 0.4) is 0 Å². The van der Waals surface area contributed by atoms with E-state index in [0.29, 0.717) is 11.3 Å². The van der Waals surface area contributed by atoms with Gasteiger partial charge in [-0.1, -0.05) is 30.3 Å². The van der Waals surface area contributed by atoms with Crippen molar-refractivity contribution in [2.75, 3.05) is 0 Å². The lowest BCUT2D eigenvalue weighted by molar-refractivity contribution is -0.384. The Kier molecular flexibility index (Phi) is 4.80. The fourth-order valence-electron chi connectivity index (χ4n) is 2.19. The molecule has 126 valence electrons. The molecule has 1 aliphatic rings. The predicted octanol–water partition coefficient (Wildman–Crippen LogP) is 3.50. The highest BCUT2D eigenvalue weighted by Crippen LogP contribution is 2.31. The molecule has 2 aromatic rings. The number of hydrogen-bond acceptors (Lipinski definition) is 6. The van der Waals surface area contributed by atoms with Gasteiger partial charge in [-0.3, -0.25) is 25.0 Å². The van der Waals surface area contributed by atoms with Gasteiger partial charge in [0.05, 0.1) is 9.83 Å². The normalized spacial score (nSPS) is 15.3. The SMILES string of the molecule is O=C1NC(=O)/C(=C/c2cc([N+](=O)[O-])ccc2OCc2ccccc2)S1. The van der Waals surface area contributed by atoms with Gasteiger partial charge in [0, 0.05) is 17.7 Å². The van der Waals surface area contributed by atoms with E-state index in [1.54, 1.807) is 0 Å². The van der Waals surface area contributed by atoms with Crippen molar-refractivity contribution >= 4 is 34.7 Å². The minimum absolute atomic E-state index is 0.131. The van der Waals surface area contributed by atoms with Gasteiger partial charge in [-0.05, 0) is 29.5 Å². The van der Waals surface area contributed by atoms with Crippen LogP contribution in [0, 0.1) is 10.1 Å². The second kappa shape index (κ2) is 7.18. The molecule has 0 spiro atoms. The summed E-state index contributed by atoms with van der Waals surface area (Å²) >= 11 is 0.742. The van der Waals surface area contributed by atoms with E-state index in [9.17, 15) is 19.7 Å². The standard InChI is InChI=1S/C17H12N2O5S/c20-16-15(25-17(21)18-16)9-12-8-13(19(22)23)6-7-14(12)24-10-11-4-2-1-3-5-11/h1-9H,10H2,(H,18,20,21)/b15-9-. The summed E-state index contributed by atoms with van der Waals surface area (Å²) in [5.41, 5.74) is 1.16. The highest BCUT2D eigenvalue weighted by atomic mass is 32.2. The van der Waals surface area contributed by atoms with Crippen LogP contribution >= 0.6 is 11.8 Å². The minimum Gasteiger partial charge on any atom is -0.488 e. The summed E-state index contributed by atoms with van der Waals surface area (Å²) in [6.45, 7) is 0.271. The summed E-state index contributed by atoms with van der Waals surface area (Å²) in [4.78, 5) is 33.6. The average Bonchev–Trinajstić information content (AvgIpc) is 2.91. The van der Waals surface area contributed by atoms with Crippen LogP contribution < -0.4 is 10.1 Å². The molecule has 8 heteroatoms. The van der Waals surface area contributed by atoms with Crippen molar-refractivity contribution in [3.8, 4) is 5.75 Å². The molecule has 1 aliphatic heterocycles. The van der Waals surface area contributed by atoms with Crippen molar-refractivity contribution in [2.45, 2.75) is 6.61 Å². The van der Waals surface area contributed by atoms with Crippen LogP contribution in [0.2, 0.25) is 0 Å². The zero-order valence-corrected chi connectivity index (χ0v) is 13.6. The number of ether oxygens (including phenoxy) is 1. The number of carbonyl (C=O) groups excluding carboxylic acids is 2. The lowest BCUT2D eigenvalue weighted by Crippen LogP contribution is -2.17. The van der Waals surface area contributed by atoms with Gasteiger partial charge in [-0.2, -0.15) is 0 Å². The molecule has 7 nitrogen and oxygen atoms in total. The first-order chi connectivity index (χ1) is 12.0. The Bertz CT molecular complexity index is 880. The molecular formula is C17H12N2O5S. The van der Waals surface area contributed by atoms with Crippen molar-refractivity contribution in [2.24, 2.45) is 0 Å². The first-order valence-corrected chi connectivity index (χ1v) is 8.04.